The van der Waals surface area contributed by atoms with Crippen molar-refractivity contribution >= 4 is 23.2 Å². The van der Waals surface area contributed by atoms with E-state index in [0.29, 0.717) is 17.1 Å². The number of amides is 1. The molecule has 2 aromatic rings. The number of benzene rings is 2. The van der Waals surface area contributed by atoms with Crippen molar-refractivity contribution in [2.24, 2.45) is 0 Å². The number of ether oxygens (including phenoxy) is 1. The lowest BCUT2D eigenvalue weighted by atomic mass is 10.1. The molecule has 0 heterocycles. The number of para-hydroxylation sites is 1. The fraction of sp³-hybridized carbons (Fsp3) is 0.278. The first-order chi connectivity index (χ1) is 10.5. The van der Waals surface area contributed by atoms with Crippen LogP contribution >= 0.6 is 11.6 Å². The summed E-state index contributed by atoms with van der Waals surface area (Å²) in [5.41, 5.74) is 2.78. The van der Waals surface area contributed by atoms with E-state index >= 15 is 0 Å². The largest absolute Gasteiger partial charge is 0.480 e. The van der Waals surface area contributed by atoms with E-state index in [1.807, 2.05) is 51.1 Å². The Hall–Kier alpha value is -2.00. The van der Waals surface area contributed by atoms with Crippen LogP contribution in [0.4, 0.5) is 5.69 Å². The van der Waals surface area contributed by atoms with E-state index in [1.165, 1.54) is 0 Å². The highest BCUT2D eigenvalue weighted by molar-refractivity contribution is 6.33. The molecule has 0 aliphatic carbocycles. The maximum absolute atomic E-state index is 12.4. The number of carbonyl (C=O) groups is 1. The van der Waals surface area contributed by atoms with Gasteiger partial charge in [0.2, 0.25) is 0 Å². The number of rotatable bonds is 5. The summed E-state index contributed by atoms with van der Waals surface area (Å²) in [4.78, 5) is 12.4. The van der Waals surface area contributed by atoms with Gasteiger partial charge in [0.25, 0.3) is 5.91 Å². The smallest absolute Gasteiger partial charge is 0.265 e. The Morgan fingerprint density at radius 3 is 2.59 bits per heavy atom. The molecule has 0 saturated carbocycles. The summed E-state index contributed by atoms with van der Waals surface area (Å²) in [5, 5.41) is 3.33. The van der Waals surface area contributed by atoms with Gasteiger partial charge in [0.15, 0.2) is 6.10 Å². The first-order valence-corrected chi connectivity index (χ1v) is 7.69. The Kier molecular flexibility index (Phi) is 5.45. The second-order valence-electron chi connectivity index (χ2n) is 5.18. The van der Waals surface area contributed by atoms with Crippen LogP contribution in [0.5, 0.6) is 5.75 Å². The molecular weight excluding hydrogens is 298 g/mol. The average molecular weight is 318 g/mol. The van der Waals surface area contributed by atoms with Gasteiger partial charge < -0.3 is 10.1 Å². The molecule has 116 valence electrons. The lowest BCUT2D eigenvalue weighted by Crippen LogP contribution is -2.32. The van der Waals surface area contributed by atoms with Crippen LogP contribution in [0.1, 0.15) is 24.5 Å². The summed E-state index contributed by atoms with van der Waals surface area (Å²) < 4.78 is 5.89. The lowest BCUT2D eigenvalue weighted by Gasteiger charge is -2.19. The highest BCUT2D eigenvalue weighted by Crippen LogP contribution is 2.24. The predicted molar refractivity (Wildman–Crippen MR) is 90.7 cm³/mol. The molecule has 2 aromatic carbocycles. The lowest BCUT2D eigenvalue weighted by molar-refractivity contribution is -0.122. The Morgan fingerprint density at radius 2 is 1.91 bits per heavy atom. The fourth-order valence-corrected chi connectivity index (χ4v) is 2.29. The molecule has 0 spiro atoms. The van der Waals surface area contributed by atoms with Crippen molar-refractivity contribution in [1.29, 1.82) is 0 Å². The van der Waals surface area contributed by atoms with Gasteiger partial charge in [0, 0.05) is 0 Å². The van der Waals surface area contributed by atoms with Crippen molar-refractivity contribution in [3.63, 3.8) is 0 Å². The minimum absolute atomic E-state index is 0.198. The van der Waals surface area contributed by atoms with Gasteiger partial charge >= 0.3 is 0 Å². The third kappa shape index (κ3) is 3.80. The van der Waals surface area contributed by atoms with E-state index in [2.05, 4.69) is 5.32 Å². The second kappa shape index (κ2) is 7.32. The van der Waals surface area contributed by atoms with Gasteiger partial charge in [-0.15, -0.1) is 0 Å². The zero-order chi connectivity index (χ0) is 16.1. The molecule has 1 N–H and O–H groups in total. The summed E-state index contributed by atoms with van der Waals surface area (Å²) in [6.45, 7) is 5.93. The Morgan fingerprint density at radius 1 is 1.18 bits per heavy atom. The Bertz CT molecular complexity index is 670. The van der Waals surface area contributed by atoms with Gasteiger partial charge in [-0.3, -0.25) is 4.79 Å². The first kappa shape index (κ1) is 16.4. The average Bonchev–Trinajstić information content (AvgIpc) is 2.51. The van der Waals surface area contributed by atoms with Crippen LogP contribution in [0.2, 0.25) is 5.02 Å². The van der Waals surface area contributed by atoms with Crippen molar-refractivity contribution in [2.45, 2.75) is 33.3 Å². The first-order valence-electron chi connectivity index (χ1n) is 7.31. The highest BCUT2D eigenvalue weighted by atomic mass is 35.5. The predicted octanol–water partition coefficient (Wildman–Crippen LogP) is 4.75. The molecule has 0 bridgehead atoms. The molecule has 3 nitrogen and oxygen atoms in total. The van der Waals surface area contributed by atoms with E-state index < -0.39 is 6.10 Å². The fourth-order valence-electron chi connectivity index (χ4n) is 2.10. The number of carbonyl (C=O) groups excluding carboxylic acids is 1. The minimum atomic E-state index is -0.559. The molecule has 22 heavy (non-hydrogen) atoms. The topological polar surface area (TPSA) is 38.3 Å². The third-order valence-corrected chi connectivity index (χ3v) is 3.95. The van der Waals surface area contributed by atoms with Gasteiger partial charge in [0.05, 0.1) is 10.7 Å². The zero-order valence-corrected chi connectivity index (χ0v) is 13.8. The van der Waals surface area contributed by atoms with Gasteiger partial charge in [-0.1, -0.05) is 42.8 Å². The second-order valence-corrected chi connectivity index (χ2v) is 5.59. The quantitative estimate of drug-likeness (QED) is 0.864. The van der Waals surface area contributed by atoms with Crippen LogP contribution in [0.3, 0.4) is 0 Å². The molecule has 1 unspecified atom stereocenters. The van der Waals surface area contributed by atoms with Gasteiger partial charge in [0.1, 0.15) is 5.75 Å². The zero-order valence-electron chi connectivity index (χ0n) is 13.0. The maximum atomic E-state index is 12.4. The normalized spacial score (nSPS) is 11.8. The summed E-state index contributed by atoms with van der Waals surface area (Å²) in [7, 11) is 0. The van der Waals surface area contributed by atoms with Crippen LogP contribution in [-0.4, -0.2) is 12.0 Å². The van der Waals surface area contributed by atoms with Crippen molar-refractivity contribution in [1.82, 2.24) is 0 Å². The van der Waals surface area contributed by atoms with E-state index in [0.717, 1.165) is 16.9 Å². The molecule has 0 aliphatic rings. The Labute approximate surface area is 136 Å². The third-order valence-electron chi connectivity index (χ3n) is 3.62. The minimum Gasteiger partial charge on any atom is -0.480 e. The molecule has 0 fully saturated rings. The highest BCUT2D eigenvalue weighted by Gasteiger charge is 2.20. The molecule has 1 atom stereocenters. The van der Waals surface area contributed by atoms with Crippen LogP contribution in [0.25, 0.3) is 0 Å². The molecule has 0 saturated heterocycles. The standard InChI is InChI=1S/C18H20ClNO2/c1-4-16(22-17-11-7-8-12(2)13(17)3)18(21)20-15-10-6-5-9-14(15)19/h5-11,16H,4H2,1-3H3,(H,20,21). The van der Waals surface area contributed by atoms with Crippen LogP contribution in [0.15, 0.2) is 42.5 Å². The number of halogens is 1. The molecular formula is C18H20ClNO2. The molecule has 0 radical (unpaired) electrons. The van der Waals surface area contributed by atoms with E-state index in [1.54, 1.807) is 12.1 Å². The number of hydrogen-bond donors (Lipinski definition) is 1. The molecule has 4 heteroatoms. The summed E-state index contributed by atoms with van der Waals surface area (Å²) in [5.74, 6) is 0.540. The molecule has 0 aromatic heterocycles. The van der Waals surface area contributed by atoms with Crippen LogP contribution in [-0.2, 0) is 4.79 Å². The van der Waals surface area contributed by atoms with Crippen LogP contribution < -0.4 is 10.1 Å². The van der Waals surface area contributed by atoms with Gasteiger partial charge in [-0.05, 0) is 49.6 Å². The van der Waals surface area contributed by atoms with Gasteiger partial charge in [-0.25, -0.2) is 0 Å². The van der Waals surface area contributed by atoms with Gasteiger partial charge in [-0.2, -0.15) is 0 Å². The van der Waals surface area contributed by atoms with Crippen LogP contribution in [0, 0.1) is 13.8 Å². The summed E-state index contributed by atoms with van der Waals surface area (Å²) in [6.07, 6.45) is 0.0145. The number of anilines is 1. The Balaban J connectivity index is 2.13. The molecule has 1 amide bonds. The van der Waals surface area contributed by atoms with E-state index in [4.69, 9.17) is 16.3 Å². The van der Waals surface area contributed by atoms with E-state index in [-0.39, 0.29) is 5.91 Å². The van der Waals surface area contributed by atoms with E-state index in [9.17, 15) is 4.79 Å². The SMILES string of the molecule is CCC(Oc1cccc(C)c1C)C(=O)Nc1ccccc1Cl. The summed E-state index contributed by atoms with van der Waals surface area (Å²) in [6, 6.07) is 13.0. The summed E-state index contributed by atoms with van der Waals surface area (Å²) >= 11 is 6.07. The molecule has 0 aliphatic heterocycles. The monoisotopic (exact) mass is 317 g/mol. The number of aryl methyl sites for hydroxylation is 1. The number of hydrogen-bond acceptors (Lipinski definition) is 2. The number of nitrogens with one attached hydrogen (secondary N) is 1. The van der Waals surface area contributed by atoms with Crippen molar-refractivity contribution in [3.8, 4) is 5.75 Å². The molecule has 2 rings (SSSR count). The maximum Gasteiger partial charge on any atom is 0.265 e. The van der Waals surface area contributed by atoms with Crippen molar-refractivity contribution < 1.29 is 9.53 Å². The van der Waals surface area contributed by atoms with Crippen molar-refractivity contribution in [3.05, 3.63) is 58.6 Å². The van der Waals surface area contributed by atoms with Crippen molar-refractivity contribution in [2.75, 3.05) is 5.32 Å².